The highest BCUT2D eigenvalue weighted by atomic mass is 16.7. The molecule has 3 heterocycles. The van der Waals surface area contributed by atoms with Gasteiger partial charge in [0.25, 0.3) is 0 Å². The van der Waals surface area contributed by atoms with Crippen molar-refractivity contribution < 1.29 is 64.2 Å². The molecule has 19 atom stereocenters. The second-order valence-electron chi connectivity index (χ2n) is 12.0. The molecular formula is C25H50N6O13. The van der Waals surface area contributed by atoms with Crippen LogP contribution in [0.2, 0.25) is 0 Å². The summed E-state index contributed by atoms with van der Waals surface area (Å²) in [5.41, 5.74) is 35.7. The zero-order valence-corrected chi connectivity index (χ0v) is 24.3. The van der Waals surface area contributed by atoms with Gasteiger partial charge in [-0.05, 0) is 6.42 Å². The van der Waals surface area contributed by atoms with Gasteiger partial charge in [0.15, 0.2) is 12.6 Å². The van der Waals surface area contributed by atoms with Crippen LogP contribution in [0.5, 0.6) is 0 Å². The summed E-state index contributed by atoms with van der Waals surface area (Å²) in [5.74, 6) is -0.815. The van der Waals surface area contributed by atoms with Gasteiger partial charge in [-0.15, -0.1) is 0 Å². The lowest BCUT2D eigenvalue weighted by molar-refractivity contribution is -0.306. The van der Waals surface area contributed by atoms with Crippen LogP contribution < -0.4 is 34.4 Å². The Labute approximate surface area is 254 Å². The molecule has 0 bridgehead atoms. The summed E-state index contributed by atoms with van der Waals surface area (Å²) in [6.07, 6.45) is -16.6. The molecule has 0 spiro atoms. The molecule has 258 valence electrons. The van der Waals surface area contributed by atoms with Crippen molar-refractivity contribution in [2.45, 2.75) is 116 Å². The van der Waals surface area contributed by atoms with E-state index in [1.54, 1.807) is 0 Å². The molecule has 0 unspecified atom stereocenters. The quantitative estimate of drug-likeness (QED) is 0.0994. The van der Waals surface area contributed by atoms with Crippen LogP contribution in [-0.4, -0.2) is 179 Å². The fourth-order valence-corrected chi connectivity index (χ4v) is 6.19. The Morgan fingerprint density at radius 1 is 0.568 bits per heavy atom. The third-order valence-electron chi connectivity index (χ3n) is 9.04. The monoisotopic (exact) mass is 642 g/mol. The lowest BCUT2D eigenvalue weighted by Crippen LogP contribution is -2.68. The molecule has 1 aliphatic carbocycles. The van der Waals surface area contributed by atoms with Gasteiger partial charge < -0.3 is 98.6 Å². The van der Waals surface area contributed by atoms with Crippen molar-refractivity contribution in [2.24, 2.45) is 40.3 Å². The Morgan fingerprint density at radius 3 is 1.75 bits per heavy atom. The van der Waals surface area contributed by atoms with Gasteiger partial charge >= 0.3 is 0 Å². The van der Waals surface area contributed by atoms with E-state index in [0.29, 0.717) is 0 Å². The summed E-state index contributed by atoms with van der Waals surface area (Å²) in [6, 6.07) is -3.82. The average Bonchev–Trinajstić information content (AvgIpc) is 3.30. The number of aliphatic hydroxyl groups is 7. The molecule has 0 amide bonds. The van der Waals surface area contributed by atoms with Gasteiger partial charge in [-0.3, -0.25) is 0 Å². The Kier molecular flexibility index (Phi) is 12.7. The first-order valence-corrected chi connectivity index (χ1v) is 14.8. The molecule has 1 saturated carbocycles. The average molecular weight is 643 g/mol. The highest BCUT2D eigenvalue weighted by molar-refractivity contribution is 5.02. The van der Waals surface area contributed by atoms with Crippen LogP contribution in [0.25, 0.3) is 0 Å². The summed E-state index contributed by atoms with van der Waals surface area (Å²) >= 11 is 0. The largest absolute Gasteiger partial charge is 0.394 e. The third-order valence-corrected chi connectivity index (χ3v) is 9.04. The molecule has 4 fully saturated rings. The van der Waals surface area contributed by atoms with Crippen LogP contribution >= 0.6 is 0 Å². The zero-order valence-electron chi connectivity index (χ0n) is 24.3. The number of hydrogen-bond acceptors (Lipinski definition) is 19. The topological polar surface area (TPSA) is 353 Å². The molecule has 3 aliphatic heterocycles. The second-order valence-corrected chi connectivity index (χ2v) is 12.0. The summed E-state index contributed by atoms with van der Waals surface area (Å²) < 4.78 is 34.9. The van der Waals surface area contributed by atoms with Crippen LogP contribution in [0, 0.1) is 5.92 Å². The Balaban J connectivity index is 1.41. The fourth-order valence-electron chi connectivity index (χ4n) is 6.19. The van der Waals surface area contributed by atoms with Crippen LogP contribution in [0.15, 0.2) is 0 Å². The van der Waals surface area contributed by atoms with Crippen molar-refractivity contribution in [3.05, 3.63) is 0 Å². The minimum atomic E-state index is -1.43. The van der Waals surface area contributed by atoms with Gasteiger partial charge in [-0.1, -0.05) is 0 Å². The van der Waals surface area contributed by atoms with Crippen molar-refractivity contribution in [1.82, 2.24) is 0 Å². The first-order valence-electron chi connectivity index (χ1n) is 14.8. The Morgan fingerprint density at radius 2 is 1.14 bits per heavy atom. The van der Waals surface area contributed by atoms with E-state index in [0.717, 1.165) is 0 Å². The second kappa shape index (κ2) is 15.4. The standard InChI is InChI=1S/C25H50N6O13/c26-2-10-18(35)20(37)14(30)13(40-10)6-39-5-7-12(4-32)42-25(16(7)33)44-23-17(34)8(28)1-9(29)22(23)43-24-15(31)21(38)19(36)11(3-27)41-24/h7-25,32-38H,1-6,26-31H2/t7-,8+,9-,10+,11+,12-,13-,14-,15+,16+,17+,18-,19-,20+,21+,22+,23-,24-,25+/m1/s1. The van der Waals surface area contributed by atoms with Gasteiger partial charge in [0, 0.05) is 31.1 Å². The first-order chi connectivity index (χ1) is 20.8. The van der Waals surface area contributed by atoms with Crippen LogP contribution in [0.1, 0.15) is 6.42 Å². The highest BCUT2D eigenvalue weighted by Crippen LogP contribution is 2.34. The minimum absolute atomic E-state index is 0.0534. The molecule has 3 saturated heterocycles. The molecule has 0 aromatic heterocycles. The van der Waals surface area contributed by atoms with Crippen LogP contribution in [0.3, 0.4) is 0 Å². The van der Waals surface area contributed by atoms with E-state index in [1.807, 2.05) is 0 Å². The molecule has 0 radical (unpaired) electrons. The smallest absolute Gasteiger partial charge is 0.184 e. The number of aliphatic hydroxyl groups excluding tert-OH is 7. The van der Waals surface area contributed by atoms with Crippen molar-refractivity contribution in [3.63, 3.8) is 0 Å². The van der Waals surface area contributed by atoms with E-state index >= 15 is 0 Å². The van der Waals surface area contributed by atoms with E-state index in [1.165, 1.54) is 0 Å². The first kappa shape index (κ1) is 36.1. The normalized spacial score (nSPS) is 51.9. The number of nitrogens with two attached hydrogens (primary N) is 6. The third kappa shape index (κ3) is 7.36. The molecule has 0 aromatic carbocycles. The van der Waals surface area contributed by atoms with Gasteiger partial charge in [0.1, 0.15) is 48.8 Å². The highest BCUT2D eigenvalue weighted by Gasteiger charge is 2.52. The van der Waals surface area contributed by atoms with Gasteiger partial charge in [-0.2, -0.15) is 0 Å². The zero-order chi connectivity index (χ0) is 32.5. The minimum Gasteiger partial charge on any atom is -0.394 e. The van der Waals surface area contributed by atoms with Crippen molar-refractivity contribution >= 4 is 0 Å². The number of hydrogen-bond donors (Lipinski definition) is 13. The lowest BCUT2D eigenvalue weighted by Gasteiger charge is -2.47. The van der Waals surface area contributed by atoms with Gasteiger partial charge in [0.2, 0.25) is 0 Å². The molecule has 19 nitrogen and oxygen atoms in total. The Hall–Kier alpha value is -0.760. The van der Waals surface area contributed by atoms with E-state index in [9.17, 15) is 35.7 Å². The number of rotatable bonds is 11. The van der Waals surface area contributed by atoms with E-state index in [2.05, 4.69) is 0 Å². The summed E-state index contributed by atoms with van der Waals surface area (Å²) in [5, 5.41) is 72.9. The molecule has 0 aromatic rings. The molecular weight excluding hydrogens is 592 g/mol. The molecule has 44 heavy (non-hydrogen) atoms. The molecule has 19 heteroatoms. The maximum absolute atomic E-state index is 11.1. The predicted octanol–water partition coefficient (Wildman–Crippen LogP) is -8.61. The maximum atomic E-state index is 11.1. The van der Waals surface area contributed by atoms with E-state index in [4.69, 9.17) is 62.8 Å². The SMILES string of the molecule is NC[C@@H]1O[C@H](O[C@@H]2[C@H](O[C@@H]3O[C@H](CO)[C@@H](COC[C@H]4O[C@@H](CN)[C@@H](O)[C@@H](O)[C@@H]4N)[C@@H]3O)[C@@H](O)[C@@H](N)C[C@H]2N)[C@@H](N)[C@H](O)[C@@H]1O. The summed E-state index contributed by atoms with van der Waals surface area (Å²) in [4.78, 5) is 0. The number of ether oxygens (including phenoxy) is 6. The summed E-state index contributed by atoms with van der Waals surface area (Å²) in [6.45, 7) is -0.980. The fraction of sp³-hybridized carbons (Fsp3) is 1.00. The molecule has 4 rings (SSSR count). The Bertz CT molecular complexity index is 899. The van der Waals surface area contributed by atoms with E-state index in [-0.39, 0.29) is 32.7 Å². The van der Waals surface area contributed by atoms with Crippen LogP contribution in [-0.2, 0) is 28.4 Å². The lowest BCUT2D eigenvalue weighted by atomic mass is 9.84. The van der Waals surface area contributed by atoms with Gasteiger partial charge in [-0.25, -0.2) is 0 Å². The summed E-state index contributed by atoms with van der Waals surface area (Å²) in [7, 11) is 0. The predicted molar refractivity (Wildman–Crippen MR) is 148 cm³/mol. The van der Waals surface area contributed by atoms with Crippen molar-refractivity contribution in [2.75, 3.05) is 32.9 Å². The maximum Gasteiger partial charge on any atom is 0.184 e. The van der Waals surface area contributed by atoms with Crippen LogP contribution in [0.4, 0.5) is 0 Å². The van der Waals surface area contributed by atoms with E-state index < -0.39 is 123 Å². The van der Waals surface area contributed by atoms with Gasteiger partial charge in [0.05, 0.1) is 56.3 Å². The molecule has 4 aliphatic rings. The van der Waals surface area contributed by atoms with Crippen molar-refractivity contribution in [1.29, 1.82) is 0 Å². The van der Waals surface area contributed by atoms with Crippen molar-refractivity contribution in [3.8, 4) is 0 Å². The molecule has 19 N–H and O–H groups in total.